The average Bonchev–Trinajstić information content (AvgIpc) is 3.42. The Kier molecular flexibility index (Phi) is 63.9. The van der Waals surface area contributed by atoms with E-state index in [1.54, 1.807) is 0 Å². The van der Waals surface area contributed by atoms with E-state index in [0.29, 0.717) is 25.9 Å². The maximum absolute atomic E-state index is 12.5. The topological polar surface area (TPSA) is 95.9 Å². The van der Waals surface area contributed by atoms with Crippen LogP contribution >= 0.6 is 0 Å². The molecule has 1 amide bonds. The molecule has 6 heteroatoms. The van der Waals surface area contributed by atoms with Crippen molar-refractivity contribution in [3.63, 3.8) is 0 Å². The molecule has 0 aliphatic heterocycles. The van der Waals surface area contributed by atoms with Crippen molar-refractivity contribution in [1.29, 1.82) is 0 Å². The number of esters is 1. The van der Waals surface area contributed by atoms with Crippen LogP contribution in [0, 0.1) is 0 Å². The van der Waals surface area contributed by atoms with Crippen molar-refractivity contribution < 1.29 is 24.5 Å². The van der Waals surface area contributed by atoms with Crippen molar-refractivity contribution in [1.82, 2.24) is 5.32 Å². The number of unbranched alkanes of at least 4 members (excludes halogenated alkanes) is 47. The number of ether oxygens (including phenoxy) is 1. The molecular weight excluding hydrogens is 935 g/mol. The molecular formula is C70H133NO5. The van der Waals surface area contributed by atoms with Gasteiger partial charge in [-0.3, -0.25) is 9.59 Å². The molecule has 0 aliphatic rings. The van der Waals surface area contributed by atoms with Gasteiger partial charge in [0.25, 0.3) is 0 Å². The van der Waals surface area contributed by atoms with E-state index in [1.807, 2.05) is 0 Å². The van der Waals surface area contributed by atoms with Crippen molar-refractivity contribution >= 4 is 11.9 Å². The molecule has 0 aromatic rings. The second kappa shape index (κ2) is 65.6. The van der Waals surface area contributed by atoms with Crippen LogP contribution in [0.5, 0.6) is 0 Å². The van der Waals surface area contributed by atoms with Crippen LogP contribution < -0.4 is 5.32 Å². The Morgan fingerprint density at radius 1 is 0.368 bits per heavy atom. The summed E-state index contributed by atoms with van der Waals surface area (Å²) in [6, 6.07) is -0.541. The summed E-state index contributed by atoms with van der Waals surface area (Å²) in [7, 11) is 0. The molecule has 3 N–H and O–H groups in total. The van der Waals surface area contributed by atoms with Gasteiger partial charge in [-0.25, -0.2) is 0 Å². The van der Waals surface area contributed by atoms with E-state index >= 15 is 0 Å². The van der Waals surface area contributed by atoms with Crippen LogP contribution in [0.4, 0.5) is 0 Å². The van der Waals surface area contributed by atoms with Crippen molar-refractivity contribution in [2.45, 2.75) is 386 Å². The average molecular weight is 1070 g/mol. The molecule has 0 fully saturated rings. The summed E-state index contributed by atoms with van der Waals surface area (Å²) in [6.45, 7) is 4.95. The highest BCUT2D eigenvalue weighted by Gasteiger charge is 2.20. The van der Waals surface area contributed by atoms with Gasteiger partial charge in [0.1, 0.15) is 0 Å². The van der Waals surface area contributed by atoms with Crippen molar-refractivity contribution in [2.24, 2.45) is 0 Å². The molecule has 0 aromatic heterocycles. The van der Waals surface area contributed by atoms with Crippen LogP contribution in [-0.2, 0) is 14.3 Å². The molecule has 0 bridgehead atoms. The third-order valence-corrected chi connectivity index (χ3v) is 15.9. The maximum Gasteiger partial charge on any atom is 0.305 e. The molecule has 76 heavy (non-hydrogen) atoms. The van der Waals surface area contributed by atoms with Gasteiger partial charge in [-0.05, 0) is 83.5 Å². The third-order valence-electron chi connectivity index (χ3n) is 15.9. The molecule has 2 atom stereocenters. The number of carbonyl (C=O) groups excluding carboxylic acids is 2. The van der Waals surface area contributed by atoms with Gasteiger partial charge in [0.05, 0.1) is 25.4 Å². The number of rotatable bonds is 64. The largest absolute Gasteiger partial charge is 0.466 e. The monoisotopic (exact) mass is 1070 g/mol. The van der Waals surface area contributed by atoms with Gasteiger partial charge in [-0.15, -0.1) is 0 Å². The van der Waals surface area contributed by atoms with Crippen molar-refractivity contribution in [3.8, 4) is 0 Å². The first-order valence-corrected chi connectivity index (χ1v) is 34.2. The molecule has 2 unspecified atom stereocenters. The second-order valence-corrected chi connectivity index (χ2v) is 23.5. The fraction of sp³-hybridized carbons (Fsp3) is 0.886. The highest BCUT2D eigenvalue weighted by molar-refractivity contribution is 5.76. The Labute approximate surface area is 474 Å². The first kappa shape index (κ1) is 74.1. The van der Waals surface area contributed by atoms with Gasteiger partial charge in [-0.1, -0.05) is 314 Å². The quantitative estimate of drug-likeness (QED) is 0.0320. The molecule has 0 rings (SSSR count). The lowest BCUT2D eigenvalue weighted by Crippen LogP contribution is -2.45. The van der Waals surface area contributed by atoms with E-state index in [-0.39, 0.29) is 18.5 Å². The van der Waals surface area contributed by atoms with E-state index in [2.05, 4.69) is 55.6 Å². The molecule has 0 aromatic carbocycles. The number of nitrogens with one attached hydrogen (secondary N) is 1. The molecule has 0 saturated carbocycles. The predicted molar refractivity (Wildman–Crippen MR) is 333 cm³/mol. The summed E-state index contributed by atoms with van der Waals surface area (Å²) >= 11 is 0. The van der Waals surface area contributed by atoms with E-state index in [9.17, 15) is 19.8 Å². The second-order valence-electron chi connectivity index (χ2n) is 23.5. The summed E-state index contributed by atoms with van der Waals surface area (Å²) in [5, 5.41) is 23.3. The standard InChI is InChI=1S/C70H133NO5/c1-3-5-7-9-11-13-15-17-19-36-40-44-48-52-56-60-64-70(75)76-65-61-57-53-49-45-41-37-33-31-29-27-25-23-21-20-22-24-26-28-30-32-35-39-43-47-51-55-59-63-69(74)71-67(66-72)68(73)62-58-54-50-46-42-38-34-18-16-14-12-10-8-6-4-2/h13,15,19-21,36,67-68,72-73H,3-12,14,16-18,22-35,37-66H2,1-2H3,(H,71,74)/b15-13-,21-20-,36-19-. The third kappa shape index (κ3) is 61.3. The Balaban J connectivity index is 3.37. The highest BCUT2D eigenvalue weighted by atomic mass is 16.5. The molecule has 0 radical (unpaired) electrons. The van der Waals surface area contributed by atoms with Gasteiger partial charge < -0.3 is 20.3 Å². The minimum Gasteiger partial charge on any atom is -0.466 e. The van der Waals surface area contributed by atoms with Crippen LogP contribution in [-0.4, -0.2) is 47.4 Å². The van der Waals surface area contributed by atoms with Gasteiger partial charge in [-0.2, -0.15) is 0 Å². The van der Waals surface area contributed by atoms with Gasteiger partial charge >= 0.3 is 5.97 Å². The lowest BCUT2D eigenvalue weighted by Gasteiger charge is -2.22. The van der Waals surface area contributed by atoms with Crippen molar-refractivity contribution in [3.05, 3.63) is 36.5 Å². The molecule has 0 spiro atoms. The Hall–Kier alpha value is -1.92. The van der Waals surface area contributed by atoms with Crippen LogP contribution in [0.3, 0.4) is 0 Å². The van der Waals surface area contributed by atoms with E-state index < -0.39 is 12.1 Å². The smallest absolute Gasteiger partial charge is 0.305 e. The molecule has 0 heterocycles. The fourth-order valence-corrected chi connectivity index (χ4v) is 10.7. The summed E-state index contributed by atoms with van der Waals surface area (Å²) in [6.07, 6.45) is 83.2. The lowest BCUT2D eigenvalue weighted by atomic mass is 10.0. The first-order chi connectivity index (χ1) is 37.5. The zero-order valence-corrected chi connectivity index (χ0v) is 51.3. The molecule has 6 nitrogen and oxygen atoms in total. The number of aliphatic hydroxyl groups excluding tert-OH is 2. The van der Waals surface area contributed by atoms with E-state index in [1.165, 1.54) is 289 Å². The summed E-state index contributed by atoms with van der Waals surface area (Å²) in [5.41, 5.74) is 0. The number of hydrogen-bond acceptors (Lipinski definition) is 5. The molecule has 448 valence electrons. The van der Waals surface area contributed by atoms with Crippen LogP contribution in [0.2, 0.25) is 0 Å². The lowest BCUT2D eigenvalue weighted by molar-refractivity contribution is -0.143. The Bertz CT molecular complexity index is 1230. The van der Waals surface area contributed by atoms with Gasteiger partial charge in [0.2, 0.25) is 5.91 Å². The van der Waals surface area contributed by atoms with Crippen LogP contribution in [0.15, 0.2) is 36.5 Å². The van der Waals surface area contributed by atoms with Gasteiger partial charge in [0.15, 0.2) is 0 Å². The molecule has 0 aliphatic carbocycles. The number of aliphatic hydroxyl groups is 2. The Morgan fingerprint density at radius 2 is 0.658 bits per heavy atom. The van der Waals surface area contributed by atoms with Crippen LogP contribution in [0.25, 0.3) is 0 Å². The first-order valence-electron chi connectivity index (χ1n) is 34.2. The minimum absolute atomic E-state index is 0.00264. The normalized spacial score (nSPS) is 12.7. The Morgan fingerprint density at radius 3 is 1.03 bits per heavy atom. The zero-order chi connectivity index (χ0) is 55.0. The zero-order valence-electron chi connectivity index (χ0n) is 51.3. The predicted octanol–water partition coefficient (Wildman–Crippen LogP) is 21.9. The summed E-state index contributed by atoms with van der Waals surface area (Å²) in [5.74, 6) is -0.0302. The summed E-state index contributed by atoms with van der Waals surface area (Å²) < 4.78 is 5.49. The van der Waals surface area contributed by atoms with E-state index in [0.717, 1.165) is 51.4 Å². The summed E-state index contributed by atoms with van der Waals surface area (Å²) in [4.78, 5) is 24.6. The number of carbonyl (C=O) groups is 2. The highest BCUT2D eigenvalue weighted by Crippen LogP contribution is 2.18. The van der Waals surface area contributed by atoms with Gasteiger partial charge in [0, 0.05) is 12.8 Å². The maximum atomic E-state index is 12.5. The fourth-order valence-electron chi connectivity index (χ4n) is 10.7. The molecule has 0 saturated heterocycles. The number of amides is 1. The van der Waals surface area contributed by atoms with E-state index in [4.69, 9.17) is 4.74 Å². The van der Waals surface area contributed by atoms with Crippen LogP contribution in [0.1, 0.15) is 373 Å². The minimum atomic E-state index is -0.664. The number of allylic oxidation sites excluding steroid dienone is 6. The van der Waals surface area contributed by atoms with Crippen molar-refractivity contribution in [2.75, 3.05) is 13.2 Å². The number of hydrogen-bond donors (Lipinski definition) is 3. The SMILES string of the molecule is CCCCCC/C=C\C/C=C\CCCCCCCC(=O)OCCCCCCCCCCCCCC/C=C\CCCCCCCCCCCCCCC(=O)NC(CO)C(O)CCCCCCCCCCCCCCCCC.